The van der Waals surface area contributed by atoms with Gasteiger partial charge in [0.05, 0.1) is 6.61 Å². The summed E-state index contributed by atoms with van der Waals surface area (Å²) in [6.45, 7) is 9.48. The zero-order valence-corrected chi connectivity index (χ0v) is 18.9. The first-order valence-electron chi connectivity index (χ1n) is 11.3. The van der Waals surface area contributed by atoms with Crippen LogP contribution >= 0.6 is 11.6 Å². The molecule has 2 saturated heterocycles. The van der Waals surface area contributed by atoms with E-state index in [9.17, 15) is 0 Å². The summed E-state index contributed by atoms with van der Waals surface area (Å²) in [6, 6.07) is 9.18. The van der Waals surface area contributed by atoms with Crippen LogP contribution in [0.1, 0.15) is 38.2 Å². The van der Waals surface area contributed by atoms with Gasteiger partial charge in [0, 0.05) is 49.4 Å². The average molecular weight is 423 g/mol. The van der Waals surface area contributed by atoms with Gasteiger partial charge in [-0.2, -0.15) is 0 Å². The lowest BCUT2D eigenvalue weighted by Gasteiger charge is -2.45. The Morgan fingerprint density at radius 1 is 1.10 bits per heavy atom. The van der Waals surface area contributed by atoms with E-state index in [-0.39, 0.29) is 5.54 Å². The second-order valence-corrected chi connectivity index (χ2v) is 9.40. The molecule has 1 aromatic rings. The van der Waals surface area contributed by atoms with Crippen LogP contribution < -0.4 is 16.0 Å². The van der Waals surface area contributed by atoms with Crippen LogP contribution in [0.25, 0.3) is 0 Å². The fourth-order valence-electron chi connectivity index (χ4n) is 4.72. The van der Waals surface area contributed by atoms with Crippen LogP contribution in [0.2, 0.25) is 5.02 Å². The van der Waals surface area contributed by atoms with Crippen molar-refractivity contribution in [1.29, 1.82) is 0 Å². The highest BCUT2D eigenvalue weighted by molar-refractivity contribution is 6.30. The molecule has 0 saturated carbocycles. The smallest absolute Gasteiger partial charge is 0.0628 e. The van der Waals surface area contributed by atoms with E-state index >= 15 is 0 Å². The Kier molecular flexibility index (Phi) is 9.22. The minimum absolute atomic E-state index is 0.105. The molecule has 29 heavy (non-hydrogen) atoms. The van der Waals surface area contributed by atoms with E-state index in [4.69, 9.17) is 16.3 Å². The minimum atomic E-state index is 0.105. The summed E-state index contributed by atoms with van der Waals surface area (Å²) in [5.41, 5.74) is 1.47. The number of halogens is 1. The Morgan fingerprint density at radius 2 is 1.90 bits per heavy atom. The maximum Gasteiger partial charge on any atom is 0.0628 e. The Bertz CT molecular complexity index is 599. The summed E-state index contributed by atoms with van der Waals surface area (Å²) < 4.78 is 5.51. The third-order valence-electron chi connectivity index (χ3n) is 6.31. The van der Waals surface area contributed by atoms with Gasteiger partial charge in [0.1, 0.15) is 0 Å². The molecule has 2 aliphatic rings. The van der Waals surface area contributed by atoms with Gasteiger partial charge in [0.15, 0.2) is 0 Å². The van der Waals surface area contributed by atoms with Gasteiger partial charge < -0.3 is 25.6 Å². The Labute approximate surface area is 181 Å². The van der Waals surface area contributed by atoms with Crippen LogP contribution in [0.4, 0.5) is 0 Å². The SMILES string of the molecule is COCC1CNC2(Cc3ccc(Cl)cc3)CCCN(CCCCNC(C)CN1)C2. The highest BCUT2D eigenvalue weighted by Gasteiger charge is 2.35. The van der Waals surface area contributed by atoms with Crippen molar-refractivity contribution in [3.8, 4) is 0 Å². The number of methoxy groups -OCH3 is 1. The number of fused-ring (bicyclic) bond motifs is 2. The first-order valence-corrected chi connectivity index (χ1v) is 11.6. The third-order valence-corrected chi connectivity index (χ3v) is 6.56. The second-order valence-electron chi connectivity index (χ2n) is 8.97. The molecule has 0 aromatic heterocycles. The number of benzene rings is 1. The van der Waals surface area contributed by atoms with Gasteiger partial charge in [-0.15, -0.1) is 0 Å². The summed E-state index contributed by atoms with van der Waals surface area (Å²) in [6.07, 6.45) is 6.00. The number of hydrogen-bond donors (Lipinski definition) is 3. The molecule has 164 valence electrons. The van der Waals surface area contributed by atoms with Crippen molar-refractivity contribution in [1.82, 2.24) is 20.9 Å². The standard InChI is InChI=1S/C23H39ClN4O/c1-19-15-26-22(17-29-2)16-27-23(14-20-6-8-21(24)9-7-20)10-5-13-28(18-23)12-4-3-11-25-19/h6-9,19,22,25-27H,3-5,10-18H2,1-2H3. The van der Waals surface area contributed by atoms with Gasteiger partial charge in [-0.25, -0.2) is 0 Å². The molecule has 2 bridgehead atoms. The van der Waals surface area contributed by atoms with Crippen LogP contribution in [0.3, 0.4) is 0 Å². The van der Waals surface area contributed by atoms with Crippen LogP contribution in [-0.4, -0.2) is 75.5 Å². The molecule has 0 spiro atoms. The van der Waals surface area contributed by atoms with Crippen molar-refractivity contribution in [2.45, 2.75) is 56.7 Å². The highest BCUT2D eigenvalue weighted by atomic mass is 35.5. The van der Waals surface area contributed by atoms with E-state index in [2.05, 4.69) is 39.9 Å². The lowest BCUT2D eigenvalue weighted by atomic mass is 9.82. The van der Waals surface area contributed by atoms with E-state index in [1.807, 2.05) is 12.1 Å². The van der Waals surface area contributed by atoms with Gasteiger partial charge in [-0.05, 0) is 76.4 Å². The topological polar surface area (TPSA) is 48.6 Å². The number of hydrogen-bond acceptors (Lipinski definition) is 5. The summed E-state index contributed by atoms with van der Waals surface area (Å²) in [5.74, 6) is 0. The molecule has 0 amide bonds. The van der Waals surface area contributed by atoms with Gasteiger partial charge in [0.25, 0.3) is 0 Å². The predicted molar refractivity (Wildman–Crippen MR) is 122 cm³/mol. The Hall–Kier alpha value is -0.690. The Balaban J connectivity index is 1.75. The third kappa shape index (κ3) is 7.50. The molecule has 4 unspecified atom stereocenters. The number of ether oxygens (including phenoxy) is 1. The maximum atomic E-state index is 6.12. The summed E-state index contributed by atoms with van der Waals surface area (Å²) in [5, 5.41) is 12.2. The first kappa shape index (κ1) is 23.0. The zero-order valence-electron chi connectivity index (χ0n) is 18.2. The predicted octanol–water partition coefficient (Wildman–Crippen LogP) is 2.68. The number of nitrogens with one attached hydrogen (secondary N) is 3. The van der Waals surface area contributed by atoms with E-state index < -0.39 is 0 Å². The average Bonchev–Trinajstić information content (AvgIpc) is 2.71. The van der Waals surface area contributed by atoms with E-state index in [0.29, 0.717) is 12.1 Å². The van der Waals surface area contributed by atoms with Crippen LogP contribution in [0, 0.1) is 0 Å². The van der Waals surface area contributed by atoms with Crippen molar-refractivity contribution in [3.63, 3.8) is 0 Å². The molecule has 2 aliphatic heterocycles. The fourth-order valence-corrected chi connectivity index (χ4v) is 4.84. The normalized spacial score (nSPS) is 32.4. The number of rotatable bonds is 4. The van der Waals surface area contributed by atoms with Crippen molar-refractivity contribution >= 4 is 11.6 Å². The minimum Gasteiger partial charge on any atom is -0.383 e. The molecule has 6 heteroatoms. The lowest BCUT2D eigenvalue weighted by molar-refractivity contribution is 0.106. The van der Waals surface area contributed by atoms with Gasteiger partial charge in [0.2, 0.25) is 0 Å². The van der Waals surface area contributed by atoms with Crippen molar-refractivity contribution < 1.29 is 4.74 Å². The highest BCUT2D eigenvalue weighted by Crippen LogP contribution is 2.27. The van der Waals surface area contributed by atoms with Crippen LogP contribution in [-0.2, 0) is 11.2 Å². The second kappa shape index (κ2) is 11.6. The molecule has 5 nitrogen and oxygen atoms in total. The van der Waals surface area contributed by atoms with Crippen LogP contribution in [0.5, 0.6) is 0 Å². The molecule has 3 rings (SSSR count). The van der Waals surface area contributed by atoms with Crippen molar-refractivity contribution in [2.24, 2.45) is 0 Å². The molecule has 0 aliphatic carbocycles. The van der Waals surface area contributed by atoms with Gasteiger partial charge >= 0.3 is 0 Å². The fraction of sp³-hybridized carbons (Fsp3) is 0.739. The maximum absolute atomic E-state index is 6.12. The van der Waals surface area contributed by atoms with E-state index in [1.165, 1.54) is 44.3 Å². The molecular weight excluding hydrogens is 384 g/mol. The Morgan fingerprint density at radius 3 is 2.69 bits per heavy atom. The molecule has 2 fully saturated rings. The zero-order chi connectivity index (χ0) is 20.5. The number of piperidine rings is 1. The van der Waals surface area contributed by atoms with Gasteiger partial charge in [-0.1, -0.05) is 23.7 Å². The molecule has 2 heterocycles. The summed E-state index contributed by atoms with van der Waals surface area (Å²) >= 11 is 6.12. The first-order chi connectivity index (χ1) is 14.1. The molecule has 4 atom stereocenters. The quantitative estimate of drug-likeness (QED) is 0.696. The summed E-state index contributed by atoms with van der Waals surface area (Å²) in [7, 11) is 1.79. The largest absolute Gasteiger partial charge is 0.383 e. The van der Waals surface area contributed by atoms with Gasteiger partial charge in [-0.3, -0.25) is 0 Å². The monoisotopic (exact) mass is 422 g/mol. The van der Waals surface area contributed by atoms with Crippen LogP contribution in [0.15, 0.2) is 24.3 Å². The van der Waals surface area contributed by atoms with E-state index in [0.717, 1.165) is 44.2 Å². The summed E-state index contributed by atoms with van der Waals surface area (Å²) in [4.78, 5) is 2.67. The number of nitrogens with zero attached hydrogens (tertiary/aromatic N) is 1. The molecular formula is C23H39ClN4O. The van der Waals surface area contributed by atoms with E-state index in [1.54, 1.807) is 7.11 Å². The lowest BCUT2D eigenvalue weighted by Crippen LogP contribution is -2.61. The molecule has 0 radical (unpaired) electrons. The van der Waals surface area contributed by atoms with Crippen molar-refractivity contribution in [3.05, 3.63) is 34.9 Å². The molecule has 3 N–H and O–H groups in total. The van der Waals surface area contributed by atoms with Crippen molar-refractivity contribution in [2.75, 3.05) is 53.0 Å². The molecule has 1 aromatic carbocycles.